The summed E-state index contributed by atoms with van der Waals surface area (Å²) in [4.78, 5) is 13.9. The zero-order valence-corrected chi connectivity index (χ0v) is 20.0. The molecule has 0 radical (unpaired) electrons. The first-order valence-electron chi connectivity index (χ1n) is 12.2. The fraction of sp³-hybridized carbons (Fsp3) is 0.167. The number of aryl methyl sites for hydroxylation is 2. The SMILES string of the molecule is COc1ccc(NC(=O)c2c(-c3ccc(F)cc3)c3c4n(c(-c5ccccc5)cn24)CCCC3)cc1. The van der Waals surface area contributed by atoms with Crippen molar-refractivity contribution >= 4 is 17.2 Å². The third kappa shape index (κ3) is 3.75. The van der Waals surface area contributed by atoms with Crippen molar-refractivity contribution in [1.82, 2.24) is 8.97 Å². The number of ether oxygens (including phenoxy) is 1. The number of carbonyl (C=O) groups is 1. The summed E-state index contributed by atoms with van der Waals surface area (Å²) < 4.78 is 23.4. The maximum atomic E-state index is 13.9. The van der Waals surface area contributed by atoms with Crippen LogP contribution >= 0.6 is 0 Å². The van der Waals surface area contributed by atoms with Crippen LogP contribution in [0.4, 0.5) is 10.1 Å². The van der Waals surface area contributed by atoms with Gasteiger partial charge in [0.05, 0.1) is 12.8 Å². The Bertz CT molecular complexity index is 1550. The van der Waals surface area contributed by atoms with E-state index in [9.17, 15) is 9.18 Å². The lowest BCUT2D eigenvalue weighted by Crippen LogP contribution is -2.15. The van der Waals surface area contributed by atoms with Gasteiger partial charge in [0.25, 0.3) is 5.91 Å². The normalized spacial score (nSPS) is 12.9. The van der Waals surface area contributed by atoms with Crippen molar-refractivity contribution in [2.24, 2.45) is 0 Å². The van der Waals surface area contributed by atoms with Crippen LogP contribution in [0, 0.1) is 5.82 Å². The van der Waals surface area contributed by atoms with Crippen molar-refractivity contribution in [2.75, 3.05) is 12.4 Å². The van der Waals surface area contributed by atoms with Crippen LogP contribution in [0.2, 0.25) is 0 Å². The molecule has 2 aromatic heterocycles. The van der Waals surface area contributed by atoms with Crippen LogP contribution in [0.1, 0.15) is 28.9 Å². The molecule has 3 heterocycles. The summed E-state index contributed by atoms with van der Waals surface area (Å²) in [5, 5.41) is 3.07. The first-order chi connectivity index (χ1) is 17.6. The summed E-state index contributed by atoms with van der Waals surface area (Å²) in [5.74, 6) is 0.214. The zero-order valence-electron chi connectivity index (χ0n) is 20.0. The number of nitrogens with zero attached hydrogens (tertiary/aromatic N) is 2. The minimum absolute atomic E-state index is 0.210. The van der Waals surface area contributed by atoms with E-state index >= 15 is 0 Å². The van der Waals surface area contributed by atoms with E-state index in [4.69, 9.17) is 4.74 Å². The lowest BCUT2D eigenvalue weighted by atomic mass is 9.97. The summed E-state index contributed by atoms with van der Waals surface area (Å²) in [7, 11) is 1.61. The second kappa shape index (κ2) is 9.04. The molecule has 0 fully saturated rings. The Morgan fingerprint density at radius 2 is 1.67 bits per heavy atom. The summed E-state index contributed by atoms with van der Waals surface area (Å²) in [6, 6.07) is 24.0. The average Bonchev–Trinajstić information content (AvgIpc) is 3.33. The molecule has 180 valence electrons. The molecular formula is C30H26FN3O2. The van der Waals surface area contributed by atoms with E-state index in [1.165, 1.54) is 12.1 Å². The van der Waals surface area contributed by atoms with Gasteiger partial charge in [-0.15, -0.1) is 0 Å². The van der Waals surface area contributed by atoms with Crippen molar-refractivity contribution in [3.05, 3.63) is 102 Å². The molecule has 0 unspecified atom stereocenters. The first kappa shape index (κ1) is 22.2. The number of rotatable bonds is 5. The quantitative estimate of drug-likeness (QED) is 0.301. The van der Waals surface area contributed by atoms with Gasteiger partial charge < -0.3 is 14.6 Å². The maximum Gasteiger partial charge on any atom is 0.273 e. The van der Waals surface area contributed by atoms with Crippen molar-refractivity contribution in [3.63, 3.8) is 0 Å². The number of carbonyl (C=O) groups excluding carboxylic acids is 1. The lowest BCUT2D eigenvalue weighted by molar-refractivity contribution is 0.102. The van der Waals surface area contributed by atoms with Gasteiger partial charge in [-0.1, -0.05) is 42.5 Å². The van der Waals surface area contributed by atoms with Crippen molar-refractivity contribution in [1.29, 1.82) is 0 Å². The number of hydrogen-bond donors (Lipinski definition) is 1. The molecule has 1 amide bonds. The molecule has 0 bridgehead atoms. The molecule has 6 heteroatoms. The average molecular weight is 480 g/mol. The monoisotopic (exact) mass is 479 g/mol. The number of anilines is 1. The molecule has 36 heavy (non-hydrogen) atoms. The molecular weight excluding hydrogens is 453 g/mol. The van der Waals surface area contributed by atoms with Crippen LogP contribution in [0.15, 0.2) is 85.1 Å². The largest absolute Gasteiger partial charge is 0.497 e. The number of hydrogen-bond acceptors (Lipinski definition) is 2. The van der Waals surface area contributed by atoms with Crippen molar-refractivity contribution in [3.8, 4) is 28.1 Å². The van der Waals surface area contributed by atoms with Crippen LogP contribution in [-0.4, -0.2) is 22.0 Å². The molecule has 5 aromatic rings. The number of halogens is 1. The molecule has 0 saturated carbocycles. The predicted molar refractivity (Wildman–Crippen MR) is 140 cm³/mol. The maximum absolute atomic E-state index is 13.9. The third-order valence-electron chi connectivity index (χ3n) is 6.90. The molecule has 1 aliphatic heterocycles. The second-order valence-corrected chi connectivity index (χ2v) is 9.07. The highest BCUT2D eigenvalue weighted by atomic mass is 19.1. The van der Waals surface area contributed by atoms with E-state index in [0.29, 0.717) is 11.4 Å². The van der Waals surface area contributed by atoms with E-state index in [-0.39, 0.29) is 11.7 Å². The molecule has 0 spiro atoms. The number of imidazole rings is 1. The van der Waals surface area contributed by atoms with Crippen LogP contribution in [0.5, 0.6) is 5.75 Å². The predicted octanol–water partition coefficient (Wildman–Crippen LogP) is 6.81. The Hall–Kier alpha value is -4.32. The molecule has 3 aromatic carbocycles. The van der Waals surface area contributed by atoms with Gasteiger partial charge in [0, 0.05) is 29.6 Å². The van der Waals surface area contributed by atoms with Gasteiger partial charge in [-0.25, -0.2) is 4.39 Å². The molecule has 1 N–H and O–H groups in total. The Morgan fingerprint density at radius 1 is 0.917 bits per heavy atom. The van der Waals surface area contributed by atoms with E-state index in [1.807, 2.05) is 46.9 Å². The topological polar surface area (TPSA) is 47.7 Å². The number of amides is 1. The van der Waals surface area contributed by atoms with Gasteiger partial charge in [0.1, 0.15) is 22.9 Å². The summed E-state index contributed by atoms with van der Waals surface area (Å²) in [6.45, 7) is 0.875. The highest BCUT2D eigenvalue weighted by Gasteiger charge is 2.29. The van der Waals surface area contributed by atoms with Gasteiger partial charge in [-0.05, 0) is 66.8 Å². The third-order valence-corrected chi connectivity index (χ3v) is 6.90. The summed E-state index contributed by atoms with van der Waals surface area (Å²) >= 11 is 0. The smallest absolute Gasteiger partial charge is 0.273 e. The van der Waals surface area contributed by atoms with Gasteiger partial charge in [-0.3, -0.25) is 9.20 Å². The Morgan fingerprint density at radius 3 is 2.39 bits per heavy atom. The molecule has 5 nitrogen and oxygen atoms in total. The van der Waals surface area contributed by atoms with Crippen LogP contribution in [0.3, 0.4) is 0 Å². The number of aromatic nitrogens is 2. The van der Waals surface area contributed by atoms with Gasteiger partial charge in [0.2, 0.25) is 0 Å². The summed E-state index contributed by atoms with van der Waals surface area (Å²) in [6.07, 6.45) is 4.98. The highest BCUT2D eigenvalue weighted by Crippen LogP contribution is 2.39. The number of benzene rings is 3. The highest BCUT2D eigenvalue weighted by molar-refractivity contribution is 6.10. The van der Waals surface area contributed by atoms with Gasteiger partial charge in [0.15, 0.2) is 0 Å². The standard InChI is InChI=1S/C30H26FN3O2/c1-36-24-16-14-23(15-17-24)32-29(35)28-27(21-10-12-22(31)13-11-21)25-9-5-6-18-33-26(19-34(28)30(25)33)20-7-3-2-4-8-20/h2-4,7-8,10-17,19H,5-6,9,18H2,1H3,(H,32,35). The van der Waals surface area contributed by atoms with Crippen LogP contribution in [-0.2, 0) is 13.0 Å². The molecule has 0 atom stereocenters. The first-order valence-corrected chi connectivity index (χ1v) is 12.2. The fourth-order valence-corrected chi connectivity index (χ4v) is 5.24. The van der Waals surface area contributed by atoms with E-state index in [2.05, 4.69) is 28.2 Å². The molecule has 0 aliphatic carbocycles. The second-order valence-electron chi connectivity index (χ2n) is 9.07. The summed E-state index contributed by atoms with van der Waals surface area (Å²) in [5.41, 5.74) is 7.29. The van der Waals surface area contributed by atoms with E-state index in [1.54, 1.807) is 19.2 Å². The lowest BCUT2D eigenvalue weighted by Gasteiger charge is -2.10. The van der Waals surface area contributed by atoms with Crippen LogP contribution in [0.25, 0.3) is 28.0 Å². The molecule has 0 saturated heterocycles. The minimum atomic E-state index is -0.298. The zero-order chi connectivity index (χ0) is 24.6. The van der Waals surface area contributed by atoms with Gasteiger partial charge in [-0.2, -0.15) is 0 Å². The Kier molecular flexibility index (Phi) is 5.56. The molecule has 1 aliphatic rings. The Balaban J connectivity index is 1.57. The number of nitrogens with one attached hydrogen (secondary N) is 1. The molecule has 6 rings (SSSR count). The van der Waals surface area contributed by atoms with E-state index < -0.39 is 0 Å². The van der Waals surface area contributed by atoms with Crippen LogP contribution < -0.4 is 10.1 Å². The van der Waals surface area contributed by atoms with E-state index in [0.717, 1.165) is 65.2 Å². The van der Waals surface area contributed by atoms with Crippen molar-refractivity contribution < 1.29 is 13.9 Å². The Labute approximate surface area is 208 Å². The minimum Gasteiger partial charge on any atom is -0.497 e. The fourth-order valence-electron chi connectivity index (χ4n) is 5.24. The van der Waals surface area contributed by atoms with Gasteiger partial charge >= 0.3 is 0 Å². The number of methoxy groups -OCH3 is 1. The van der Waals surface area contributed by atoms with Crippen molar-refractivity contribution in [2.45, 2.75) is 25.8 Å².